The van der Waals surface area contributed by atoms with Gasteiger partial charge in [-0.05, 0) is 31.0 Å². The van der Waals surface area contributed by atoms with Crippen molar-refractivity contribution in [2.45, 2.75) is 25.8 Å². The monoisotopic (exact) mass is 704 g/mol. The summed E-state index contributed by atoms with van der Waals surface area (Å²) in [6.45, 7) is 11.3. The first-order valence-corrected chi connectivity index (χ1v) is 17.7. The molecule has 3 aliphatic rings. The predicted molar refractivity (Wildman–Crippen MR) is 183 cm³/mol. The van der Waals surface area contributed by atoms with E-state index in [4.69, 9.17) is 20.8 Å². The highest BCUT2D eigenvalue weighted by Crippen LogP contribution is 2.55. The molecule has 0 radical (unpaired) electrons. The lowest BCUT2D eigenvalue weighted by Gasteiger charge is -2.34. The SMILES string of the molecule is [C-]#[N+]c1c(F)cc(NC)c2c1-c1c(ncc(-c3cnc4c(c3)c(=O)c(C(=O)OCC)cn4C)c1N1CC[C@H]3C[N+](C)(COP(=O)(O)O)C[C@H]31)C2. The molecule has 0 saturated carbocycles. The van der Waals surface area contributed by atoms with Crippen molar-refractivity contribution in [1.82, 2.24) is 14.5 Å². The summed E-state index contributed by atoms with van der Waals surface area (Å²) in [5.41, 5.74) is 4.51. The molecule has 2 aliphatic heterocycles. The van der Waals surface area contributed by atoms with Crippen LogP contribution >= 0.6 is 7.82 Å². The fraction of sp³-hybridized carbons (Fsp3) is 0.382. The average molecular weight is 705 g/mol. The lowest BCUT2D eigenvalue weighted by atomic mass is 9.95. The van der Waals surface area contributed by atoms with Gasteiger partial charge in [0.05, 0.1) is 49.6 Å². The summed E-state index contributed by atoms with van der Waals surface area (Å²) in [5, 5.41) is 3.27. The number of pyridine rings is 3. The van der Waals surface area contributed by atoms with E-state index < -0.39 is 25.0 Å². The van der Waals surface area contributed by atoms with Crippen LogP contribution in [0.3, 0.4) is 0 Å². The summed E-state index contributed by atoms with van der Waals surface area (Å²) in [6, 6.07) is 2.91. The van der Waals surface area contributed by atoms with Gasteiger partial charge in [0.15, 0.2) is 6.73 Å². The van der Waals surface area contributed by atoms with Gasteiger partial charge in [-0.15, -0.1) is 0 Å². The third-order valence-electron chi connectivity index (χ3n) is 10.1. The Hall–Kier alpha value is -4.71. The van der Waals surface area contributed by atoms with Crippen molar-refractivity contribution < 1.29 is 37.3 Å². The van der Waals surface area contributed by atoms with E-state index in [1.165, 1.54) is 12.3 Å². The van der Waals surface area contributed by atoms with E-state index in [2.05, 4.69) is 20.0 Å². The van der Waals surface area contributed by atoms with Crippen molar-refractivity contribution in [3.63, 3.8) is 0 Å². The Labute approximate surface area is 286 Å². The lowest BCUT2D eigenvalue weighted by Crippen LogP contribution is -2.46. The van der Waals surface area contributed by atoms with Crippen molar-refractivity contribution in [1.29, 1.82) is 0 Å². The standard InChI is InChI=1S/C34H35FN7O7P/c1-6-48-34(44)23-14-40(4)33-21(32(23)43)9-19(12-39-33)22-13-38-26-10-20-25(36-2)11-24(35)30(37-3)28(20)29(26)31(22)41-8-7-18-15-42(5,16-27(18)41)17-49-50(45,46)47/h9,11-14,18,27,36H,6-8,10,15-17H2,1-2,4-5H3,(H-,45,46,47)/p+1/t18-,27+,42?/m0/s1. The first-order valence-electron chi connectivity index (χ1n) is 16.2. The largest absolute Gasteiger partial charge is 0.474 e. The fourth-order valence-corrected chi connectivity index (χ4v) is 8.44. The van der Waals surface area contributed by atoms with Crippen molar-refractivity contribution >= 4 is 41.9 Å². The minimum absolute atomic E-state index is 0.0971. The van der Waals surface area contributed by atoms with Crippen LogP contribution in [0.25, 0.3) is 38.1 Å². The highest BCUT2D eigenvalue weighted by Gasteiger charge is 2.51. The predicted octanol–water partition coefficient (Wildman–Crippen LogP) is 4.20. The molecule has 3 N–H and O–H groups in total. The van der Waals surface area contributed by atoms with Gasteiger partial charge < -0.3 is 33.8 Å². The number of nitrogens with one attached hydrogen (secondary N) is 1. The van der Waals surface area contributed by atoms with E-state index in [9.17, 15) is 23.9 Å². The van der Waals surface area contributed by atoms with Gasteiger partial charge in [0.25, 0.3) is 0 Å². The van der Waals surface area contributed by atoms with Gasteiger partial charge in [-0.1, -0.05) is 0 Å². The van der Waals surface area contributed by atoms with E-state index in [-0.39, 0.29) is 46.4 Å². The van der Waals surface area contributed by atoms with Crippen LogP contribution in [-0.4, -0.2) is 87.9 Å². The second-order valence-electron chi connectivity index (χ2n) is 13.3. The topological polar surface area (TPSA) is 160 Å². The number of hydrogen-bond acceptors (Lipinski definition) is 9. The molecular weight excluding hydrogens is 668 g/mol. The molecule has 14 nitrogen and oxygen atoms in total. The number of aryl methyl sites for hydroxylation is 1. The van der Waals surface area contributed by atoms with Crippen LogP contribution in [0.4, 0.5) is 21.5 Å². The van der Waals surface area contributed by atoms with Crippen LogP contribution in [0.5, 0.6) is 0 Å². The molecule has 7 rings (SSSR count). The van der Waals surface area contributed by atoms with Crippen LogP contribution in [-0.2, 0) is 27.3 Å². The van der Waals surface area contributed by atoms with Gasteiger partial charge in [0, 0.05) is 79.5 Å². The third-order valence-corrected chi connectivity index (χ3v) is 10.6. The number of phosphoric ester groups is 1. The summed E-state index contributed by atoms with van der Waals surface area (Å²) in [5.74, 6) is -1.25. The van der Waals surface area contributed by atoms with Crippen molar-refractivity contribution in [2.24, 2.45) is 13.0 Å². The zero-order valence-corrected chi connectivity index (χ0v) is 28.8. The maximum Gasteiger partial charge on any atom is 0.474 e. The Morgan fingerprint density at radius 2 is 2.02 bits per heavy atom. The zero-order valence-electron chi connectivity index (χ0n) is 27.9. The number of likely N-dealkylation sites (tertiary alicyclic amines) is 1. The van der Waals surface area contributed by atoms with E-state index in [0.29, 0.717) is 71.0 Å². The number of carbonyl (C=O) groups excluding carboxylic acids is 1. The molecule has 16 heteroatoms. The number of esters is 1. The summed E-state index contributed by atoms with van der Waals surface area (Å²) in [4.78, 5) is 60.6. The van der Waals surface area contributed by atoms with Crippen molar-refractivity contribution in [2.75, 3.05) is 57.3 Å². The van der Waals surface area contributed by atoms with Crippen LogP contribution in [0.15, 0.2) is 35.5 Å². The fourth-order valence-electron chi connectivity index (χ4n) is 8.01. The number of aromatic nitrogens is 3. The molecule has 260 valence electrons. The third kappa shape index (κ3) is 5.53. The quantitative estimate of drug-likeness (QED) is 0.0920. The Balaban J connectivity index is 1.45. The molecule has 5 heterocycles. The zero-order chi connectivity index (χ0) is 35.7. The number of hydrogen-bond donors (Lipinski definition) is 3. The molecule has 2 fully saturated rings. The number of phosphoric acid groups is 1. The number of nitrogens with zero attached hydrogens (tertiary/aromatic N) is 6. The number of rotatable bonds is 8. The molecule has 1 unspecified atom stereocenters. The summed E-state index contributed by atoms with van der Waals surface area (Å²) in [6.07, 6.45) is 5.89. The number of carbonyl (C=O) groups is 1. The van der Waals surface area contributed by atoms with Gasteiger partial charge in [0.2, 0.25) is 11.1 Å². The second-order valence-corrected chi connectivity index (χ2v) is 14.6. The maximum absolute atomic E-state index is 15.6. The van der Waals surface area contributed by atoms with Gasteiger partial charge in [-0.25, -0.2) is 28.1 Å². The summed E-state index contributed by atoms with van der Waals surface area (Å²) >= 11 is 0. The van der Waals surface area contributed by atoms with Crippen LogP contribution in [0.2, 0.25) is 0 Å². The van der Waals surface area contributed by atoms with E-state index in [1.807, 2.05) is 7.05 Å². The first kappa shape index (κ1) is 33.8. The number of fused-ring (bicyclic) bond motifs is 5. The Kier molecular flexibility index (Phi) is 8.28. The van der Waals surface area contributed by atoms with Gasteiger partial charge in [0.1, 0.15) is 23.6 Å². The number of anilines is 2. The lowest BCUT2D eigenvalue weighted by molar-refractivity contribution is -0.915. The first-order chi connectivity index (χ1) is 23.8. The van der Waals surface area contributed by atoms with Gasteiger partial charge >= 0.3 is 13.8 Å². The maximum atomic E-state index is 15.6. The van der Waals surface area contributed by atoms with Crippen molar-refractivity contribution in [3.8, 4) is 22.3 Å². The second kappa shape index (κ2) is 12.3. The van der Waals surface area contributed by atoms with E-state index in [0.717, 1.165) is 12.0 Å². The van der Waals surface area contributed by atoms with E-state index >= 15 is 4.39 Å². The number of halogens is 1. The van der Waals surface area contributed by atoms with Crippen LogP contribution in [0.1, 0.15) is 35.0 Å². The highest BCUT2D eigenvalue weighted by molar-refractivity contribution is 7.46. The molecule has 0 spiro atoms. The van der Waals surface area contributed by atoms with E-state index in [1.54, 1.807) is 44.0 Å². The van der Waals surface area contributed by atoms with Crippen LogP contribution < -0.4 is 15.6 Å². The Morgan fingerprint density at radius 1 is 1.24 bits per heavy atom. The Bertz CT molecular complexity index is 2250. The minimum Gasteiger partial charge on any atom is -0.462 e. The number of benzene rings is 1. The molecule has 0 amide bonds. The number of likely N-dealkylation sites (N-methyl/N-ethyl adjacent to an activating group) is 1. The molecular formula is C34H36FN7O7P+. The molecule has 50 heavy (non-hydrogen) atoms. The van der Waals surface area contributed by atoms with Gasteiger partial charge in [-0.2, -0.15) is 0 Å². The normalized spacial score (nSPS) is 20.8. The number of quaternary nitrogens is 1. The highest BCUT2D eigenvalue weighted by atomic mass is 31.2. The summed E-state index contributed by atoms with van der Waals surface area (Å²) in [7, 11) is 0.589. The average Bonchev–Trinajstić information content (AvgIpc) is 3.75. The molecule has 3 aromatic heterocycles. The van der Waals surface area contributed by atoms with Gasteiger partial charge in [-0.3, -0.25) is 9.78 Å². The molecule has 0 bridgehead atoms. The molecule has 4 aromatic rings. The van der Waals surface area contributed by atoms with Crippen LogP contribution in [0, 0.1) is 18.3 Å². The minimum atomic E-state index is -4.69. The molecule has 1 aliphatic carbocycles. The molecule has 2 saturated heterocycles. The number of ether oxygens (including phenoxy) is 1. The smallest absolute Gasteiger partial charge is 0.462 e. The van der Waals surface area contributed by atoms with Crippen molar-refractivity contribution in [3.05, 3.63) is 75.0 Å². The molecule has 1 aromatic carbocycles. The molecule has 3 atom stereocenters. The Morgan fingerprint density at radius 3 is 2.72 bits per heavy atom. The summed E-state index contributed by atoms with van der Waals surface area (Å²) < 4.78 is 39.2.